The second-order valence-corrected chi connectivity index (χ2v) is 4.35. The lowest BCUT2D eigenvalue weighted by molar-refractivity contribution is -0.230. The molecule has 0 aliphatic carbocycles. The summed E-state index contributed by atoms with van der Waals surface area (Å²) in [5.74, 6) is 0. The molecule has 0 bridgehead atoms. The zero-order valence-electron chi connectivity index (χ0n) is 15.0. The summed E-state index contributed by atoms with van der Waals surface area (Å²) < 4.78 is 30.3. The summed E-state index contributed by atoms with van der Waals surface area (Å²) in [6.07, 6.45) is -0.719. The molecule has 0 aromatic rings. The highest BCUT2D eigenvalue weighted by Crippen LogP contribution is 1.99. The van der Waals surface area contributed by atoms with Crippen molar-refractivity contribution in [3.8, 4) is 0 Å². The van der Waals surface area contributed by atoms with Gasteiger partial charge in [-0.15, -0.1) is 0 Å². The van der Waals surface area contributed by atoms with E-state index in [9.17, 15) is 0 Å². The molecule has 0 saturated carbocycles. The van der Waals surface area contributed by atoms with Crippen LogP contribution < -0.4 is 22.9 Å². The summed E-state index contributed by atoms with van der Waals surface area (Å²) in [5.41, 5.74) is 20.7. The lowest BCUT2D eigenvalue weighted by atomic mass is 10.7. The molecule has 0 fully saturated rings. The van der Waals surface area contributed by atoms with E-state index in [0.717, 1.165) is 0 Å². The van der Waals surface area contributed by atoms with E-state index in [1.807, 2.05) is 0 Å². The molecule has 24 heavy (non-hydrogen) atoms. The van der Waals surface area contributed by atoms with Gasteiger partial charge < -0.3 is 51.4 Å². The Bertz CT molecular complexity index is 209. The first kappa shape index (κ1) is 25.8. The van der Waals surface area contributed by atoms with E-state index >= 15 is 0 Å². The molecule has 10 nitrogen and oxygen atoms in total. The van der Waals surface area contributed by atoms with Gasteiger partial charge in [-0.1, -0.05) is 0 Å². The number of rotatable bonds is 16. The first-order chi connectivity index (χ1) is 11.6. The highest BCUT2D eigenvalue weighted by Gasteiger charge is 2.06. The van der Waals surface area contributed by atoms with Gasteiger partial charge in [-0.05, 0) is 13.8 Å². The zero-order valence-corrected chi connectivity index (χ0v) is 15.0. The van der Waals surface area contributed by atoms with Crippen LogP contribution >= 0.6 is 0 Å². The van der Waals surface area contributed by atoms with Gasteiger partial charge in [-0.3, -0.25) is 0 Å². The molecule has 148 valence electrons. The van der Waals surface area contributed by atoms with Crippen molar-refractivity contribution in [2.75, 3.05) is 66.2 Å². The van der Waals surface area contributed by atoms with Gasteiger partial charge in [0.15, 0.2) is 12.6 Å². The Balaban J connectivity index is 0. The van der Waals surface area contributed by atoms with E-state index in [2.05, 4.69) is 0 Å². The van der Waals surface area contributed by atoms with E-state index in [0.29, 0.717) is 52.7 Å². The maximum atomic E-state index is 5.23. The molecule has 10 heteroatoms. The molecule has 0 radical (unpaired) electrons. The van der Waals surface area contributed by atoms with Crippen LogP contribution in [0.3, 0.4) is 0 Å². The van der Waals surface area contributed by atoms with Crippen LogP contribution in [0.2, 0.25) is 0 Å². The quantitative estimate of drug-likeness (QED) is 0.189. The number of hydrogen-bond donors (Lipinski definition) is 4. The Labute approximate surface area is 145 Å². The summed E-state index contributed by atoms with van der Waals surface area (Å²) in [5, 5.41) is 0. The molecule has 0 saturated heterocycles. The summed E-state index contributed by atoms with van der Waals surface area (Å²) in [6, 6.07) is 0. The molecule has 0 aromatic carbocycles. The second-order valence-electron chi connectivity index (χ2n) is 4.35. The zero-order chi connectivity index (χ0) is 18.5. The smallest absolute Gasteiger partial charge is 0.159 e. The predicted octanol–water partition coefficient (Wildman–Crippen LogP) is -1.49. The third-order valence-electron chi connectivity index (χ3n) is 2.31. The monoisotopic (exact) mass is 356 g/mol. The molecule has 0 rings (SSSR count). The topological polar surface area (TPSA) is 159 Å². The minimum absolute atomic E-state index is 0.135. The van der Waals surface area contributed by atoms with Gasteiger partial charge in [0.05, 0.1) is 53.1 Å². The van der Waals surface area contributed by atoms with Gasteiger partial charge in [0.2, 0.25) is 0 Å². The Morgan fingerprint density at radius 1 is 0.583 bits per heavy atom. The molecule has 8 N–H and O–H groups in total. The molecule has 0 aliphatic heterocycles. The van der Waals surface area contributed by atoms with Crippen molar-refractivity contribution in [3.05, 3.63) is 0 Å². The van der Waals surface area contributed by atoms with Crippen molar-refractivity contribution >= 4 is 0 Å². The van der Waals surface area contributed by atoms with Crippen LogP contribution in [-0.4, -0.2) is 78.8 Å². The Morgan fingerprint density at radius 2 is 0.917 bits per heavy atom. The lowest BCUT2D eigenvalue weighted by Crippen LogP contribution is -2.26. The first-order valence-electron chi connectivity index (χ1n) is 8.04. The second kappa shape index (κ2) is 22.6. The number of hydrogen-bond acceptors (Lipinski definition) is 10. The first-order valence-corrected chi connectivity index (χ1v) is 8.04. The van der Waals surface area contributed by atoms with Crippen LogP contribution in [0.1, 0.15) is 13.8 Å². The minimum Gasteiger partial charge on any atom is -0.378 e. The maximum absolute atomic E-state index is 5.23. The van der Waals surface area contributed by atoms with E-state index < -0.39 is 0 Å². The Kier molecular flexibility index (Phi) is 24.3. The SMILES string of the molecule is CC(OCN)OC(C)OCN.NCCOCCOCCOCCN. The Morgan fingerprint density at radius 3 is 1.21 bits per heavy atom. The van der Waals surface area contributed by atoms with Crippen LogP contribution in [0.5, 0.6) is 0 Å². The average Bonchev–Trinajstić information content (AvgIpc) is 2.54. The molecule has 0 amide bonds. The summed E-state index contributed by atoms with van der Waals surface area (Å²) in [6.45, 7) is 8.40. The fourth-order valence-electron chi connectivity index (χ4n) is 1.33. The van der Waals surface area contributed by atoms with Crippen LogP contribution in [0, 0.1) is 0 Å². The molecule has 0 spiro atoms. The van der Waals surface area contributed by atoms with Crippen LogP contribution in [-0.2, 0) is 28.4 Å². The highest BCUT2D eigenvalue weighted by molar-refractivity contribution is 4.35. The summed E-state index contributed by atoms with van der Waals surface area (Å²) >= 11 is 0. The van der Waals surface area contributed by atoms with Crippen LogP contribution in [0.15, 0.2) is 0 Å². The van der Waals surface area contributed by atoms with Gasteiger partial charge in [-0.25, -0.2) is 0 Å². The van der Waals surface area contributed by atoms with Crippen LogP contribution in [0.4, 0.5) is 0 Å². The van der Waals surface area contributed by atoms with E-state index in [1.54, 1.807) is 13.8 Å². The van der Waals surface area contributed by atoms with E-state index in [4.69, 9.17) is 51.4 Å². The van der Waals surface area contributed by atoms with Gasteiger partial charge in [0, 0.05) is 13.1 Å². The van der Waals surface area contributed by atoms with Crippen molar-refractivity contribution in [3.63, 3.8) is 0 Å². The largest absolute Gasteiger partial charge is 0.378 e. The van der Waals surface area contributed by atoms with E-state index in [-0.39, 0.29) is 26.0 Å². The highest BCUT2D eigenvalue weighted by atomic mass is 16.8. The molecular weight excluding hydrogens is 320 g/mol. The average molecular weight is 356 g/mol. The molecule has 2 unspecified atom stereocenters. The van der Waals surface area contributed by atoms with Gasteiger partial charge >= 0.3 is 0 Å². The van der Waals surface area contributed by atoms with Crippen molar-refractivity contribution in [2.45, 2.75) is 26.4 Å². The standard InChI is InChI=1S/C8H20N2O3.C6H16N2O3/c9-1-3-11-5-7-13-8-6-12-4-2-10;1-5(9-3-7)11-6(2)10-4-8/h1-10H2;5-6H,3-4,7-8H2,1-2H3. The molecule has 0 heterocycles. The number of ether oxygens (including phenoxy) is 6. The lowest BCUT2D eigenvalue weighted by Gasteiger charge is -2.17. The minimum atomic E-state index is -0.360. The molecule has 0 aliphatic rings. The van der Waals surface area contributed by atoms with Crippen molar-refractivity contribution < 1.29 is 28.4 Å². The van der Waals surface area contributed by atoms with Crippen LogP contribution in [0.25, 0.3) is 0 Å². The third-order valence-corrected chi connectivity index (χ3v) is 2.31. The predicted molar refractivity (Wildman–Crippen MR) is 90.9 cm³/mol. The van der Waals surface area contributed by atoms with Gasteiger partial charge in [0.25, 0.3) is 0 Å². The fraction of sp³-hybridized carbons (Fsp3) is 1.00. The summed E-state index contributed by atoms with van der Waals surface area (Å²) in [4.78, 5) is 0. The third kappa shape index (κ3) is 23.9. The normalized spacial score (nSPS) is 13.2. The van der Waals surface area contributed by atoms with Crippen molar-refractivity contribution in [1.29, 1.82) is 0 Å². The fourth-order valence-corrected chi connectivity index (χ4v) is 1.33. The van der Waals surface area contributed by atoms with Gasteiger partial charge in [-0.2, -0.15) is 0 Å². The molecule has 0 aromatic heterocycles. The Hall–Kier alpha value is -0.400. The van der Waals surface area contributed by atoms with Gasteiger partial charge in [0.1, 0.15) is 0 Å². The van der Waals surface area contributed by atoms with E-state index in [1.165, 1.54) is 0 Å². The van der Waals surface area contributed by atoms with Crippen molar-refractivity contribution in [2.24, 2.45) is 22.9 Å². The molecule has 2 atom stereocenters. The molecular formula is C14H36N4O6. The maximum Gasteiger partial charge on any atom is 0.159 e. The summed E-state index contributed by atoms with van der Waals surface area (Å²) in [7, 11) is 0. The van der Waals surface area contributed by atoms with Crippen molar-refractivity contribution in [1.82, 2.24) is 0 Å². The number of nitrogens with two attached hydrogens (primary N) is 4.